The Kier molecular flexibility index (Phi) is 4.35. The summed E-state index contributed by atoms with van der Waals surface area (Å²) in [5.41, 5.74) is 0. The molecule has 1 N–H and O–H groups in total. The van der Waals surface area contributed by atoms with Crippen LogP contribution in [0.25, 0.3) is 0 Å². The largest absolute Gasteiger partial charge is 0.397 e. The highest BCUT2D eigenvalue weighted by Gasteiger charge is 2.55. The molecule has 0 atom stereocenters. The zero-order valence-corrected chi connectivity index (χ0v) is 9.71. The first kappa shape index (κ1) is 14.9. The molecule has 2 amide bonds. The maximum absolute atomic E-state index is 11.8. The summed E-state index contributed by atoms with van der Waals surface area (Å²) in [6.45, 7) is 0. The topological polar surface area (TPSA) is 80.7 Å². The van der Waals surface area contributed by atoms with E-state index >= 15 is 0 Å². The van der Waals surface area contributed by atoms with Crippen molar-refractivity contribution in [2.45, 2.75) is 19.0 Å². The average Bonchev–Trinajstić information content (AvgIpc) is 2.44. The van der Waals surface area contributed by atoms with Crippen LogP contribution in [0, 0.1) is 0 Å². The molecule has 0 spiro atoms. The molecule has 18 heavy (non-hydrogen) atoms. The molecular formula is C8H9F3NO5S+. The molecule has 0 bridgehead atoms. The van der Waals surface area contributed by atoms with E-state index in [1.54, 1.807) is 0 Å². The van der Waals surface area contributed by atoms with E-state index in [4.69, 9.17) is 0 Å². The zero-order chi connectivity index (χ0) is 14.0. The first-order chi connectivity index (χ1) is 8.15. The lowest BCUT2D eigenvalue weighted by atomic mass is 10.4. The maximum atomic E-state index is 11.8. The summed E-state index contributed by atoms with van der Waals surface area (Å²) in [6.07, 6.45) is -4.99. The van der Waals surface area contributed by atoms with E-state index in [9.17, 15) is 32.8 Å². The second kappa shape index (κ2) is 5.24. The smallest absolute Gasteiger partial charge is 0.244 e. The summed E-state index contributed by atoms with van der Waals surface area (Å²) >= 11 is 0.210. The molecule has 1 saturated heterocycles. The van der Waals surface area contributed by atoms with Crippen LogP contribution in [-0.4, -0.2) is 45.5 Å². The minimum atomic E-state index is -4.43. The van der Waals surface area contributed by atoms with Crippen LogP contribution < -0.4 is 0 Å². The van der Waals surface area contributed by atoms with Crippen LogP contribution in [0.4, 0.5) is 13.2 Å². The summed E-state index contributed by atoms with van der Waals surface area (Å²) in [6, 6.07) is 0. The van der Waals surface area contributed by atoms with Crippen LogP contribution in [0.2, 0.25) is 0 Å². The van der Waals surface area contributed by atoms with Crippen LogP contribution in [0.15, 0.2) is 0 Å². The van der Waals surface area contributed by atoms with Crippen LogP contribution in [-0.2, 0) is 19.2 Å². The molecule has 1 aliphatic rings. The number of halogens is 3. The van der Waals surface area contributed by atoms with Crippen molar-refractivity contribution in [1.82, 2.24) is 0 Å². The SMILES string of the molecule is O=C(CSCC(F)(F)F)O[N+]1(O)C(=O)CCC1=O. The highest BCUT2D eigenvalue weighted by atomic mass is 32.2. The molecule has 1 aliphatic heterocycles. The minimum Gasteiger partial charge on any atom is -0.244 e. The van der Waals surface area contributed by atoms with E-state index in [2.05, 4.69) is 4.84 Å². The second-order valence-corrected chi connectivity index (χ2v) is 4.42. The van der Waals surface area contributed by atoms with Crippen molar-refractivity contribution in [3.63, 3.8) is 0 Å². The average molecular weight is 288 g/mol. The first-order valence-corrected chi connectivity index (χ1v) is 5.86. The summed E-state index contributed by atoms with van der Waals surface area (Å²) < 4.78 is 35.3. The molecule has 1 heterocycles. The molecule has 0 radical (unpaired) electrons. The molecule has 0 aromatic heterocycles. The molecule has 0 aromatic rings. The van der Waals surface area contributed by atoms with E-state index in [0.29, 0.717) is 0 Å². The van der Waals surface area contributed by atoms with Crippen molar-refractivity contribution >= 4 is 29.5 Å². The van der Waals surface area contributed by atoms with Gasteiger partial charge in [0.05, 0.1) is 24.3 Å². The van der Waals surface area contributed by atoms with Gasteiger partial charge in [-0.25, -0.2) is 19.2 Å². The third-order valence-electron chi connectivity index (χ3n) is 1.95. The highest BCUT2D eigenvalue weighted by Crippen LogP contribution is 2.23. The monoisotopic (exact) mass is 288 g/mol. The van der Waals surface area contributed by atoms with Crippen LogP contribution in [0.1, 0.15) is 12.8 Å². The van der Waals surface area contributed by atoms with Gasteiger partial charge in [0.1, 0.15) is 4.81 Å². The van der Waals surface area contributed by atoms with Gasteiger partial charge in [-0.2, -0.15) is 18.4 Å². The number of alkyl halides is 3. The number of rotatable bonds is 4. The highest BCUT2D eigenvalue weighted by molar-refractivity contribution is 7.99. The van der Waals surface area contributed by atoms with E-state index < -0.39 is 40.3 Å². The maximum Gasteiger partial charge on any atom is 0.397 e. The van der Waals surface area contributed by atoms with Crippen molar-refractivity contribution in [2.24, 2.45) is 0 Å². The van der Waals surface area contributed by atoms with Crippen LogP contribution in [0.3, 0.4) is 0 Å². The van der Waals surface area contributed by atoms with Crippen molar-refractivity contribution in [1.29, 1.82) is 0 Å². The lowest BCUT2D eigenvalue weighted by molar-refractivity contribution is -1.12. The number of carbonyl (C=O) groups excluding carboxylic acids is 3. The van der Waals surface area contributed by atoms with E-state index in [1.807, 2.05) is 0 Å². The number of carbonyl (C=O) groups is 3. The van der Waals surface area contributed by atoms with Crippen LogP contribution in [0.5, 0.6) is 0 Å². The number of imide groups is 1. The van der Waals surface area contributed by atoms with Crippen LogP contribution >= 0.6 is 11.8 Å². The number of thioether (sulfide) groups is 1. The molecule has 6 nitrogen and oxygen atoms in total. The van der Waals surface area contributed by atoms with Crippen molar-refractivity contribution in [2.75, 3.05) is 11.5 Å². The molecule has 0 aliphatic carbocycles. The first-order valence-electron chi connectivity index (χ1n) is 4.70. The van der Waals surface area contributed by atoms with Gasteiger partial charge >= 0.3 is 24.0 Å². The Balaban J connectivity index is 2.45. The number of quaternary nitrogens is 1. The molecule has 0 unspecified atom stereocenters. The number of hydrogen-bond acceptors (Lipinski definition) is 6. The van der Waals surface area contributed by atoms with Gasteiger partial charge in [-0.05, 0) is 0 Å². The fourth-order valence-corrected chi connectivity index (χ4v) is 1.73. The van der Waals surface area contributed by atoms with Gasteiger partial charge in [0.25, 0.3) is 0 Å². The van der Waals surface area contributed by atoms with Crippen molar-refractivity contribution in [3.05, 3.63) is 0 Å². The number of hydroxylamine groups is 4. The standard InChI is InChI=1S/C8H9F3NO5S/c9-8(10,11)4-18-3-7(15)17-12(16)5(13)1-2-6(12)14/h16H,1-4H2/q+1. The third kappa shape index (κ3) is 3.68. The van der Waals surface area contributed by atoms with Gasteiger partial charge in [-0.1, -0.05) is 0 Å². The minimum absolute atomic E-state index is 0.210. The Labute approximate surface area is 103 Å². The molecule has 10 heteroatoms. The Morgan fingerprint density at radius 2 is 1.83 bits per heavy atom. The van der Waals surface area contributed by atoms with Gasteiger partial charge in [0.15, 0.2) is 0 Å². The number of amides is 2. The summed E-state index contributed by atoms with van der Waals surface area (Å²) in [5, 5.41) is 9.42. The summed E-state index contributed by atoms with van der Waals surface area (Å²) in [7, 11) is 0. The number of nitrogens with zero attached hydrogens (tertiary/aromatic N) is 1. The van der Waals surface area contributed by atoms with Gasteiger partial charge in [0, 0.05) is 0 Å². The fourth-order valence-electron chi connectivity index (χ4n) is 1.18. The molecule has 1 fully saturated rings. The van der Waals surface area contributed by atoms with Gasteiger partial charge in [-0.15, -0.1) is 11.8 Å². The number of hydrogen-bond donors (Lipinski definition) is 1. The predicted molar refractivity (Wildman–Crippen MR) is 50.8 cm³/mol. The molecule has 102 valence electrons. The second-order valence-electron chi connectivity index (χ2n) is 3.43. The Morgan fingerprint density at radius 1 is 1.33 bits per heavy atom. The molecule has 0 aromatic carbocycles. The molecule has 1 rings (SSSR count). The molecule has 0 saturated carbocycles. The quantitative estimate of drug-likeness (QED) is 0.468. The van der Waals surface area contributed by atoms with Gasteiger partial charge in [-0.3, -0.25) is 0 Å². The van der Waals surface area contributed by atoms with Crippen molar-refractivity contribution in [3.8, 4) is 0 Å². The van der Waals surface area contributed by atoms with E-state index in [-0.39, 0.29) is 24.6 Å². The molecular weight excluding hydrogens is 279 g/mol. The Bertz CT molecular complexity index is 367. The fraction of sp³-hybridized carbons (Fsp3) is 0.625. The predicted octanol–water partition coefficient (Wildman–Crippen LogP) is 0.793. The van der Waals surface area contributed by atoms with E-state index in [0.717, 1.165) is 0 Å². The van der Waals surface area contributed by atoms with Gasteiger partial charge < -0.3 is 0 Å². The lowest BCUT2D eigenvalue weighted by Gasteiger charge is -2.15. The lowest BCUT2D eigenvalue weighted by Crippen LogP contribution is -2.50. The normalized spacial score (nSPS) is 19.1. The zero-order valence-electron chi connectivity index (χ0n) is 8.90. The third-order valence-corrected chi connectivity index (χ3v) is 2.92. The Hall–Kier alpha value is -1.13. The summed E-state index contributed by atoms with van der Waals surface area (Å²) in [4.78, 5) is 35.4. The van der Waals surface area contributed by atoms with Gasteiger partial charge in [0.2, 0.25) is 0 Å². The van der Waals surface area contributed by atoms with Crippen molar-refractivity contribution < 1.29 is 42.4 Å². The van der Waals surface area contributed by atoms with E-state index in [1.165, 1.54) is 0 Å². The Morgan fingerprint density at radius 3 is 2.28 bits per heavy atom. The summed E-state index contributed by atoms with van der Waals surface area (Å²) in [5.74, 6) is -5.30.